The van der Waals surface area contributed by atoms with Crippen LogP contribution in [0.25, 0.3) is 0 Å². The second-order valence-electron chi connectivity index (χ2n) is 5.82. The van der Waals surface area contributed by atoms with E-state index >= 15 is 0 Å². The van der Waals surface area contributed by atoms with Crippen LogP contribution in [-0.4, -0.2) is 11.7 Å². The Morgan fingerprint density at radius 1 is 1.38 bits per heavy atom. The van der Waals surface area contributed by atoms with E-state index in [1.54, 1.807) is 0 Å². The molecule has 1 atom stereocenters. The summed E-state index contributed by atoms with van der Waals surface area (Å²) in [5.74, 6) is 0.903. The topological polar surface area (TPSA) is 50.1 Å². The molecule has 0 radical (unpaired) electrons. The maximum Gasteiger partial charge on any atom is 0.138 e. The molecule has 0 amide bonds. The van der Waals surface area contributed by atoms with E-state index in [2.05, 4.69) is 40.9 Å². The van der Waals surface area contributed by atoms with Gasteiger partial charge in [-0.15, -0.1) is 0 Å². The minimum atomic E-state index is 0.232. The van der Waals surface area contributed by atoms with Crippen molar-refractivity contribution in [1.82, 2.24) is 10.5 Å². The zero-order valence-electron chi connectivity index (χ0n) is 13.0. The van der Waals surface area contributed by atoms with Gasteiger partial charge in [-0.2, -0.15) is 0 Å². The van der Waals surface area contributed by atoms with Crippen LogP contribution in [0.2, 0.25) is 0 Å². The Morgan fingerprint density at radius 2 is 2.24 bits per heavy atom. The molecule has 4 heteroatoms. The molecule has 0 spiro atoms. The van der Waals surface area contributed by atoms with Gasteiger partial charge in [0.1, 0.15) is 5.76 Å². The zero-order valence-corrected chi connectivity index (χ0v) is 13.0. The summed E-state index contributed by atoms with van der Waals surface area (Å²) in [6, 6.07) is 6.81. The summed E-state index contributed by atoms with van der Waals surface area (Å²) >= 11 is 0. The molecule has 0 saturated heterocycles. The van der Waals surface area contributed by atoms with Crippen molar-refractivity contribution in [2.45, 2.75) is 46.2 Å². The Morgan fingerprint density at radius 3 is 3.00 bits per heavy atom. The van der Waals surface area contributed by atoms with Gasteiger partial charge in [0.05, 0.1) is 5.69 Å². The first-order valence-corrected chi connectivity index (χ1v) is 7.67. The summed E-state index contributed by atoms with van der Waals surface area (Å²) in [5.41, 5.74) is 6.24. The number of aromatic nitrogens is 1. The van der Waals surface area contributed by atoms with E-state index in [0.717, 1.165) is 24.5 Å². The average molecular weight is 285 g/mol. The van der Waals surface area contributed by atoms with Crippen LogP contribution >= 0.6 is 0 Å². The summed E-state index contributed by atoms with van der Waals surface area (Å²) < 4.78 is 5.26. The number of benzene rings is 1. The molecule has 4 nitrogen and oxygen atoms in total. The van der Waals surface area contributed by atoms with Crippen molar-refractivity contribution < 1.29 is 4.52 Å². The van der Waals surface area contributed by atoms with Gasteiger partial charge in [0.15, 0.2) is 0 Å². The second-order valence-corrected chi connectivity index (χ2v) is 5.82. The highest BCUT2D eigenvalue weighted by atomic mass is 16.5. The van der Waals surface area contributed by atoms with Gasteiger partial charge in [0.25, 0.3) is 0 Å². The van der Waals surface area contributed by atoms with Crippen LogP contribution in [0.5, 0.6) is 0 Å². The van der Waals surface area contributed by atoms with E-state index in [4.69, 9.17) is 4.52 Å². The number of para-hydroxylation sites is 1. The fourth-order valence-electron chi connectivity index (χ4n) is 3.20. The van der Waals surface area contributed by atoms with Gasteiger partial charge in [-0.25, -0.2) is 0 Å². The van der Waals surface area contributed by atoms with Crippen LogP contribution in [0.15, 0.2) is 22.7 Å². The number of nitrogens with zero attached hydrogens (tertiary/aromatic N) is 1. The highest BCUT2D eigenvalue weighted by molar-refractivity contribution is 5.59. The van der Waals surface area contributed by atoms with E-state index in [9.17, 15) is 0 Å². The number of hydrogen-bond acceptors (Lipinski definition) is 4. The van der Waals surface area contributed by atoms with Crippen molar-refractivity contribution in [3.05, 3.63) is 46.3 Å². The van der Waals surface area contributed by atoms with Gasteiger partial charge in [-0.3, -0.25) is 0 Å². The molecule has 112 valence electrons. The van der Waals surface area contributed by atoms with Crippen molar-refractivity contribution in [2.75, 3.05) is 11.9 Å². The first kappa shape index (κ1) is 14.1. The number of rotatable bonds is 4. The largest absolute Gasteiger partial charge is 0.385 e. The van der Waals surface area contributed by atoms with Crippen LogP contribution in [0.4, 0.5) is 5.69 Å². The minimum Gasteiger partial charge on any atom is -0.385 e. The predicted molar refractivity (Wildman–Crippen MR) is 84.5 cm³/mol. The van der Waals surface area contributed by atoms with E-state index in [1.807, 2.05) is 13.8 Å². The van der Waals surface area contributed by atoms with Crippen molar-refractivity contribution in [1.29, 1.82) is 0 Å². The number of fused-ring (bicyclic) bond motifs is 1. The molecule has 0 saturated carbocycles. The van der Waals surface area contributed by atoms with Crippen molar-refractivity contribution in [3.8, 4) is 0 Å². The molecular formula is C17H23N3O. The van der Waals surface area contributed by atoms with E-state index in [0.29, 0.717) is 0 Å². The van der Waals surface area contributed by atoms with Gasteiger partial charge < -0.3 is 15.2 Å². The Hall–Kier alpha value is -1.81. The van der Waals surface area contributed by atoms with Gasteiger partial charge in [-0.1, -0.05) is 23.4 Å². The third-order valence-corrected chi connectivity index (χ3v) is 4.28. The van der Waals surface area contributed by atoms with E-state index in [-0.39, 0.29) is 6.04 Å². The monoisotopic (exact) mass is 285 g/mol. The first-order valence-electron chi connectivity index (χ1n) is 7.67. The van der Waals surface area contributed by atoms with Crippen LogP contribution < -0.4 is 10.6 Å². The number of hydrogen-bond donors (Lipinski definition) is 2. The molecule has 1 unspecified atom stereocenters. The van der Waals surface area contributed by atoms with Crippen LogP contribution in [-0.2, 0) is 13.0 Å². The lowest BCUT2D eigenvalue weighted by molar-refractivity contribution is 0.390. The normalized spacial score (nSPS) is 15.4. The molecule has 1 aromatic heterocycles. The fourth-order valence-corrected chi connectivity index (χ4v) is 3.20. The molecule has 1 aliphatic heterocycles. The third kappa shape index (κ3) is 2.81. The van der Waals surface area contributed by atoms with E-state index in [1.165, 1.54) is 35.2 Å². The smallest absolute Gasteiger partial charge is 0.138 e. The van der Waals surface area contributed by atoms with Crippen LogP contribution in [0.1, 0.15) is 47.5 Å². The quantitative estimate of drug-likeness (QED) is 0.902. The van der Waals surface area contributed by atoms with Crippen molar-refractivity contribution in [2.24, 2.45) is 0 Å². The molecule has 2 heterocycles. The number of nitrogens with one attached hydrogen (secondary N) is 2. The standard InChI is InChI=1S/C17H23N3O/c1-11(16-12(2)20-21-13(16)3)19-10-15-7-4-6-14-8-5-9-18-17(14)15/h4,6-7,11,18-19H,5,8-10H2,1-3H3. The Bertz CT molecular complexity index is 613. The molecule has 1 aromatic carbocycles. The Balaban J connectivity index is 1.73. The molecule has 0 bridgehead atoms. The molecule has 2 N–H and O–H groups in total. The molecule has 2 aromatic rings. The molecule has 21 heavy (non-hydrogen) atoms. The van der Waals surface area contributed by atoms with Gasteiger partial charge in [0.2, 0.25) is 0 Å². The highest BCUT2D eigenvalue weighted by Crippen LogP contribution is 2.27. The fraction of sp³-hybridized carbons (Fsp3) is 0.471. The van der Waals surface area contributed by atoms with Gasteiger partial charge in [-0.05, 0) is 44.7 Å². The summed E-state index contributed by atoms with van der Waals surface area (Å²) in [6.45, 7) is 8.05. The zero-order chi connectivity index (χ0) is 14.8. The lowest BCUT2D eigenvalue weighted by atomic mass is 9.99. The van der Waals surface area contributed by atoms with Gasteiger partial charge >= 0.3 is 0 Å². The lowest BCUT2D eigenvalue weighted by Crippen LogP contribution is -2.21. The summed E-state index contributed by atoms with van der Waals surface area (Å²) in [7, 11) is 0. The summed E-state index contributed by atoms with van der Waals surface area (Å²) in [5, 5.41) is 11.2. The molecule has 1 aliphatic rings. The summed E-state index contributed by atoms with van der Waals surface area (Å²) in [6.07, 6.45) is 2.40. The highest BCUT2D eigenvalue weighted by Gasteiger charge is 2.17. The Labute approximate surface area is 125 Å². The first-order chi connectivity index (χ1) is 10.2. The van der Waals surface area contributed by atoms with E-state index < -0.39 is 0 Å². The lowest BCUT2D eigenvalue weighted by Gasteiger charge is -2.22. The molecule has 3 rings (SSSR count). The maximum absolute atomic E-state index is 5.26. The second kappa shape index (κ2) is 5.90. The van der Waals surface area contributed by atoms with Crippen molar-refractivity contribution >= 4 is 5.69 Å². The van der Waals surface area contributed by atoms with Crippen LogP contribution in [0.3, 0.4) is 0 Å². The summed E-state index contributed by atoms with van der Waals surface area (Å²) in [4.78, 5) is 0. The minimum absolute atomic E-state index is 0.232. The predicted octanol–water partition coefficient (Wildman–Crippen LogP) is 3.50. The average Bonchev–Trinajstić information content (AvgIpc) is 2.84. The van der Waals surface area contributed by atoms with Crippen molar-refractivity contribution in [3.63, 3.8) is 0 Å². The molecule has 0 fully saturated rings. The molecule has 0 aliphatic carbocycles. The van der Waals surface area contributed by atoms with Gasteiger partial charge in [0, 0.05) is 30.4 Å². The molecular weight excluding hydrogens is 262 g/mol. The Kier molecular flexibility index (Phi) is 3.97. The number of aryl methyl sites for hydroxylation is 3. The van der Waals surface area contributed by atoms with Crippen LogP contribution in [0, 0.1) is 13.8 Å². The number of anilines is 1. The SMILES string of the molecule is Cc1noc(C)c1C(C)NCc1cccc2c1NCCC2. The maximum atomic E-state index is 5.26. The third-order valence-electron chi connectivity index (χ3n) is 4.28.